The average molecular weight is 642 g/mol. The number of nitrogens with one attached hydrogen (secondary N) is 3. The molecule has 3 amide bonds. The largest absolute Gasteiger partial charge is 0.384 e. The summed E-state index contributed by atoms with van der Waals surface area (Å²) in [5.74, 6) is -4.63. The topological polar surface area (TPSA) is 128 Å². The molecule has 0 radical (unpaired) electrons. The normalized spacial score (nSPS) is 18.4. The number of carbonyl (C=O) groups excluding carboxylic acids is 3. The Morgan fingerprint density at radius 3 is 2.48 bits per heavy atom. The number of likely N-dealkylation sites (tertiary alicyclic amines) is 1. The van der Waals surface area contributed by atoms with Crippen molar-refractivity contribution in [1.29, 1.82) is 5.41 Å². The van der Waals surface area contributed by atoms with Gasteiger partial charge < -0.3 is 21.3 Å². The molecule has 3 atom stereocenters. The molecule has 8 nitrogen and oxygen atoms in total. The summed E-state index contributed by atoms with van der Waals surface area (Å²) in [6.07, 6.45) is 0.407. The Hall–Kier alpha value is -4.90. The molecule has 1 aromatic heterocycles. The van der Waals surface area contributed by atoms with Crippen molar-refractivity contribution in [1.82, 2.24) is 15.5 Å². The number of nitrogens with two attached hydrogens (primary N) is 1. The number of amidine groups is 1. The van der Waals surface area contributed by atoms with Gasteiger partial charge in [0, 0.05) is 45.0 Å². The number of nitrogens with zero attached hydrogens (tertiary/aromatic N) is 1. The van der Waals surface area contributed by atoms with Crippen molar-refractivity contribution in [2.24, 2.45) is 5.73 Å². The van der Waals surface area contributed by atoms with E-state index < -0.39 is 23.8 Å². The lowest BCUT2D eigenvalue weighted by Crippen LogP contribution is -2.49. The highest BCUT2D eigenvalue weighted by Gasteiger charge is 2.44. The summed E-state index contributed by atoms with van der Waals surface area (Å²) in [6.45, 7) is 3.75. The third-order valence-electron chi connectivity index (χ3n) is 8.84. The summed E-state index contributed by atoms with van der Waals surface area (Å²) < 4.78 is 30.0. The fourth-order valence-electron chi connectivity index (χ4n) is 6.41. The van der Waals surface area contributed by atoms with E-state index in [2.05, 4.69) is 10.6 Å². The molecule has 0 bridgehead atoms. The van der Waals surface area contributed by atoms with Gasteiger partial charge in [-0.1, -0.05) is 54.6 Å². The van der Waals surface area contributed by atoms with Crippen LogP contribution in [-0.4, -0.2) is 47.6 Å². The van der Waals surface area contributed by atoms with E-state index in [1.54, 1.807) is 29.6 Å². The van der Waals surface area contributed by atoms with E-state index >= 15 is 0 Å². The van der Waals surface area contributed by atoms with Gasteiger partial charge in [-0.3, -0.25) is 19.8 Å². The predicted octanol–water partition coefficient (Wildman–Crippen LogP) is 5.45. The van der Waals surface area contributed by atoms with Crippen LogP contribution in [0.4, 0.5) is 8.78 Å². The number of fused-ring (bicyclic) bond motifs is 3. The first-order chi connectivity index (χ1) is 22.0. The zero-order valence-electron chi connectivity index (χ0n) is 25.3. The molecule has 2 heterocycles. The molecule has 11 heteroatoms. The molecule has 1 aliphatic heterocycles. The van der Waals surface area contributed by atoms with Gasteiger partial charge >= 0.3 is 0 Å². The maximum Gasteiger partial charge on any atom is 0.299 e. The van der Waals surface area contributed by atoms with Crippen molar-refractivity contribution in [3.63, 3.8) is 0 Å². The Morgan fingerprint density at radius 1 is 1.02 bits per heavy atom. The minimum absolute atomic E-state index is 0.0562. The van der Waals surface area contributed by atoms with Gasteiger partial charge in [0.15, 0.2) is 0 Å². The van der Waals surface area contributed by atoms with Crippen LogP contribution in [0.25, 0.3) is 11.1 Å². The monoisotopic (exact) mass is 641 g/mol. The zero-order chi connectivity index (χ0) is 32.7. The number of amides is 3. The number of rotatable bonds is 8. The quantitative estimate of drug-likeness (QED) is 0.151. The average Bonchev–Trinajstić information content (AvgIpc) is 3.77. The van der Waals surface area contributed by atoms with Crippen LogP contribution in [0.1, 0.15) is 68.4 Å². The van der Waals surface area contributed by atoms with Crippen molar-refractivity contribution < 1.29 is 23.2 Å². The van der Waals surface area contributed by atoms with E-state index in [0.717, 1.165) is 16.0 Å². The minimum atomic E-state index is -3.16. The lowest BCUT2D eigenvalue weighted by molar-refractivity contribution is -0.137. The molecule has 4 aromatic rings. The molecule has 6 rings (SSSR count). The predicted molar refractivity (Wildman–Crippen MR) is 173 cm³/mol. The SMILES string of the molecule is Cc1ccccc1[C@H]1C[C@@H](C(=O)N[C@H](C)c2cc(C(=N)N)cs2)N(C(=O)CNC(=O)c2ccc3c(c2)-c2ccccc2C3(F)F)C1. The fourth-order valence-corrected chi connectivity index (χ4v) is 7.33. The smallest absolute Gasteiger partial charge is 0.299 e. The van der Waals surface area contributed by atoms with Gasteiger partial charge in [0.05, 0.1) is 12.6 Å². The zero-order valence-corrected chi connectivity index (χ0v) is 26.1. The maximum absolute atomic E-state index is 15.0. The van der Waals surface area contributed by atoms with Gasteiger partial charge in [-0.05, 0) is 60.7 Å². The number of alkyl halides is 2. The Kier molecular flexibility index (Phi) is 8.20. The van der Waals surface area contributed by atoms with E-state index in [9.17, 15) is 23.2 Å². The Bertz CT molecular complexity index is 1870. The molecule has 3 aromatic carbocycles. The number of thiophene rings is 1. The molecular weight excluding hydrogens is 608 g/mol. The van der Waals surface area contributed by atoms with Crippen molar-refractivity contribution in [3.8, 4) is 11.1 Å². The van der Waals surface area contributed by atoms with Crippen LogP contribution < -0.4 is 16.4 Å². The van der Waals surface area contributed by atoms with Crippen LogP contribution in [0.2, 0.25) is 0 Å². The highest BCUT2D eigenvalue weighted by Crippen LogP contribution is 2.51. The number of benzene rings is 3. The third-order valence-corrected chi connectivity index (χ3v) is 9.96. The highest BCUT2D eigenvalue weighted by molar-refractivity contribution is 7.10. The van der Waals surface area contributed by atoms with Gasteiger partial charge in [0.1, 0.15) is 11.9 Å². The fraction of sp³-hybridized carbons (Fsp3) is 0.257. The van der Waals surface area contributed by atoms with Crippen molar-refractivity contribution in [3.05, 3.63) is 116 Å². The van der Waals surface area contributed by atoms with Crippen LogP contribution in [0, 0.1) is 12.3 Å². The number of nitrogen functional groups attached to an aromatic ring is 1. The molecule has 0 spiro atoms. The summed E-state index contributed by atoms with van der Waals surface area (Å²) in [6, 6.07) is 18.7. The molecule has 236 valence electrons. The molecule has 1 fully saturated rings. The van der Waals surface area contributed by atoms with E-state index in [1.807, 2.05) is 38.1 Å². The van der Waals surface area contributed by atoms with Crippen molar-refractivity contribution in [2.45, 2.75) is 44.2 Å². The van der Waals surface area contributed by atoms with Gasteiger partial charge in [0.25, 0.3) is 11.8 Å². The van der Waals surface area contributed by atoms with Crippen LogP contribution in [0.5, 0.6) is 0 Å². The number of hydrogen-bond acceptors (Lipinski definition) is 5. The lowest BCUT2D eigenvalue weighted by atomic mass is 9.92. The number of hydrogen-bond donors (Lipinski definition) is 4. The molecule has 46 heavy (non-hydrogen) atoms. The Labute approximate surface area is 269 Å². The minimum Gasteiger partial charge on any atom is -0.384 e. The molecule has 5 N–H and O–H groups in total. The first-order valence-corrected chi connectivity index (χ1v) is 15.8. The summed E-state index contributed by atoms with van der Waals surface area (Å²) in [4.78, 5) is 42.8. The standard InChI is InChI=1S/C35H33F2N5O3S/c1-19-7-3-4-8-24(19)22-14-29(34(45)41-20(2)30-15-23(18-46-30)32(38)39)42(17-22)31(43)16-40-33(44)21-11-12-28-26(13-21)25-9-5-6-10-27(25)35(28,36)37/h3-13,15,18,20,22,29H,14,16-17H2,1-2H3,(H3,38,39)(H,40,44)(H,41,45)/t20-,22+,29+/m1/s1. The van der Waals surface area contributed by atoms with E-state index in [0.29, 0.717) is 24.1 Å². The number of aryl methyl sites for hydroxylation is 1. The molecule has 1 saturated heterocycles. The second kappa shape index (κ2) is 12.1. The highest BCUT2D eigenvalue weighted by atomic mass is 32.1. The van der Waals surface area contributed by atoms with E-state index in [4.69, 9.17) is 11.1 Å². The Morgan fingerprint density at radius 2 is 1.74 bits per heavy atom. The first kappa shape index (κ1) is 31.1. The van der Waals surface area contributed by atoms with Crippen molar-refractivity contribution >= 4 is 34.9 Å². The first-order valence-electron chi connectivity index (χ1n) is 14.9. The van der Waals surface area contributed by atoms with Crippen LogP contribution >= 0.6 is 11.3 Å². The summed E-state index contributed by atoms with van der Waals surface area (Å²) in [5, 5.41) is 15.1. The van der Waals surface area contributed by atoms with Crippen molar-refractivity contribution in [2.75, 3.05) is 13.1 Å². The van der Waals surface area contributed by atoms with Crippen LogP contribution in [-0.2, 0) is 15.5 Å². The van der Waals surface area contributed by atoms with Gasteiger partial charge in [-0.25, -0.2) is 0 Å². The van der Waals surface area contributed by atoms with Gasteiger partial charge in [-0.2, -0.15) is 8.78 Å². The number of halogens is 2. The summed E-state index contributed by atoms with van der Waals surface area (Å²) in [7, 11) is 0. The second-order valence-electron chi connectivity index (χ2n) is 11.8. The lowest BCUT2D eigenvalue weighted by Gasteiger charge is -2.25. The van der Waals surface area contributed by atoms with Crippen LogP contribution in [0.15, 0.2) is 78.2 Å². The third kappa shape index (κ3) is 5.66. The van der Waals surface area contributed by atoms with Gasteiger partial charge in [0.2, 0.25) is 11.8 Å². The summed E-state index contributed by atoms with van der Waals surface area (Å²) >= 11 is 1.38. The molecule has 0 unspecified atom stereocenters. The molecule has 1 aliphatic carbocycles. The molecule has 0 saturated carbocycles. The number of carbonyl (C=O) groups is 3. The Balaban J connectivity index is 1.18. The molecular formula is C35H33F2N5O3S. The summed E-state index contributed by atoms with van der Waals surface area (Å²) in [5.41, 5.74) is 8.83. The van der Waals surface area contributed by atoms with Gasteiger partial charge in [-0.15, -0.1) is 11.3 Å². The second-order valence-corrected chi connectivity index (χ2v) is 12.7. The van der Waals surface area contributed by atoms with Crippen LogP contribution in [0.3, 0.4) is 0 Å². The molecule has 2 aliphatic rings. The van der Waals surface area contributed by atoms with E-state index in [-0.39, 0.29) is 52.5 Å². The maximum atomic E-state index is 15.0. The van der Waals surface area contributed by atoms with E-state index in [1.165, 1.54) is 40.5 Å².